The van der Waals surface area contributed by atoms with E-state index in [1.165, 1.54) is 6.42 Å². The van der Waals surface area contributed by atoms with Crippen molar-refractivity contribution in [3.05, 3.63) is 35.9 Å². The molecule has 0 unspecified atom stereocenters. The number of aliphatic hydroxyl groups excluding tert-OH is 1. The van der Waals surface area contributed by atoms with Crippen molar-refractivity contribution in [2.75, 3.05) is 38.2 Å². The molecule has 0 amide bonds. The number of ether oxygens (including phenoxy) is 3. The van der Waals surface area contributed by atoms with Crippen molar-refractivity contribution in [1.29, 1.82) is 0 Å². The van der Waals surface area contributed by atoms with Crippen LogP contribution in [-0.4, -0.2) is 64.6 Å². The Labute approximate surface area is 203 Å². The van der Waals surface area contributed by atoms with Gasteiger partial charge in [-0.3, -0.25) is 0 Å². The van der Waals surface area contributed by atoms with Gasteiger partial charge in [-0.1, -0.05) is 0 Å². The Morgan fingerprint density at radius 2 is 1.86 bits per heavy atom. The molecule has 6 rings (SSSR count). The Balaban J connectivity index is 1.31. The average Bonchev–Trinajstić information content (AvgIpc) is 3.26. The number of aromatic nitrogens is 4. The number of nitrogens with zero attached hydrogens (tertiary/aromatic N) is 5. The van der Waals surface area contributed by atoms with Crippen LogP contribution in [0, 0.1) is 5.92 Å². The Morgan fingerprint density at radius 1 is 1.06 bits per heavy atom. The summed E-state index contributed by atoms with van der Waals surface area (Å²) in [6.07, 6.45) is 8.79. The highest BCUT2D eigenvalue weighted by molar-refractivity contribution is 5.62. The summed E-state index contributed by atoms with van der Waals surface area (Å²) in [4.78, 5) is 16.7. The van der Waals surface area contributed by atoms with Crippen molar-refractivity contribution in [3.8, 4) is 22.9 Å². The summed E-state index contributed by atoms with van der Waals surface area (Å²) in [5, 5.41) is 13.3. The molecule has 1 saturated heterocycles. The number of benzene rings is 1. The molecule has 10 heteroatoms. The van der Waals surface area contributed by atoms with Gasteiger partial charge in [-0.05, 0) is 38.0 Å². The van der Waals surface area contributed by atoms with E-state index >= 15 is 0 Å². The van der Waals surface area contributed by atoms with Crippen molar-refractivity contribution >= 4 is 17.6 Å². The van der Waals surface area contributed by atoms with Crippen LogP contribution in [0.3, 0.4) is 0 Å². The summed E-state index contributed by atoms with van der Waals surface area (Å²) in [6.45, 7) is 0.134. The third-order valence-corrected chi connectivity index (χ3v) is 7.35. The number of aryl methyl sites for hydroxylation is 1. The van der Waals surface area contributed by atoms with E-state index < -0.39 is 0 Å². The van der Waals surface area contributed by atoms with Gasteiger partial charge in [-0.2, -0.15) is 4.98 Å². The Bertz CT molecular complexity index is 1240. The van der Waals surface area contributed by atoms with E-state index in [1.807, 2.05) is 22.9 Å². The van der Waals surface area contributed by atoms with Crippen LogP contribution in [0.4, 0.5) is 17.6 Å². The normalized spacial score (nSPS) is 22.1. The lowest BCUT2D eigenvalue weighted by Gasteiger charge is -2.27. The fourth-order valence-corrected chi connectivity index (χ4v) is 5.54. The lowest BCUT2D eigenvalue weighted by molar-refractivity contribution is 0.259. The van der Waals surface area contributed by atoms with Gasteiger partial charge >= 0.3 is 0 Å². The van der Waals surface area contributed by atoms with Crippen molar-refractivity contribution in [3.63, 3.8) is 0 Å². The third kappa shape index (κ3) is 3.72. The Hall–Kier alpha value is -3.53. The molecular weight excluding hydrogens is 448 g/mol. The molecule has 1 aromatic carbocycles. The van der Waals surface area contributed by atoms with Crippen LogP contribution in [0.2, 0.25) is 0 Å². The van der Waals surface area contributed by atoms with Crippen molar-refractivity contribution in [1.82, 2.24) is 19.5 Å². The van der Waals surface area contributed by atoms with Gasteiger partial charge in [-0.25, -0.2) is 9.97 Å². The van der Waals surface area contributed by atoms with Gasteiger partial charge in [0.25, 0.3) is 0 Å². The maximum Gasteiger partial charge on any atom is 0.228 e. The minimum absolute atomic E-state index is 0.102. The molecule has 0 spiro atoms. The van der Waals surface area contributed by atoms with Gasteiger partial charge in [-0.15, -0.1) is 0 Å². The van der Waals surface area contributed by atoms with Crippen molar-refractivity contribution < 1.29 is 19.3 Å². The molecular formula is C25H30N6O4. The van der Waals surface area contributed by atoms with Crippen LogP contribution in [0.5, 0.6) is 17.2 Å². The van der Waals surface area contributed by atoms with E-state index in [0.717, 1.165) is 54.4 Å². The molecule has 35 heavy (non-hydrogen) atoms. The van der Waals surface area contributed by atoms with E-state index in [9.17, 15) is 5.11 Å². The van der Waals surface area contributed by atoms with Gasteiger partial charge < -0.3 is 34.1 Å². The predicted molar refractivity (Wildman–Crippen MR) is 130 cm³/mol. The maximum atomic E-state index is 9.90. The standard InChI is InChI=1S/C25H30N6O4/c1-33-20-9-15(10-21(34-2)23(20)35-3)30-11-22(26-13-30)28-24-17-5-4-6-18(17)27-25(29-24)31-16(12-32)7-14-8-19(14)31/h9-11,13-14,16,19,32H,4-8,12H2,1-3H3,(H,27,28,29)/t14-,16-,19+/m0/s1. The number of imidazole rings is 1. The molecule has 3 atom stereocenters. The predicted octanol–water partition coefficient (Wildman–Crippen LogP) is 2.88. The molecule has 10 nitrogen and oxygen atoms in total. The number of aliphatic hydroxyl groups is 1. The van der Waals surface area contributed by atoms with Crippen LogP contribution < -0.4 is 24.4 Å². The number of methoxy groups -OCH3 is 3. The summed E-state index contributed by atoms with van der Waals surface area (Å²) < 4.78 is 18.3. The zero-order chi connectivity index (χ0) is 24.1. The molecule has 2 fully saturated rings. The minimum Gasteiger partial charge on any atom is -0.493 e. The first-order chi connectivity index (χ1) is 17.1. The quantitative estimate of drug-likeness (QED) is 0.505. The molecule has 2 aliphatic carbocycles. The lowest BCUT2D eigenvalue weighted by atomic mass is 10.2. The average molecular weight is 479 g/mol. The second-order valence-corrected chi connectivity index (χ2v) is 9.37. The van der Waals surface area contributed by atoms with E-state index in [0.29, 0.717) is 35.0 Å². The first-order valence-corrected chi connectivity index (χ1v) is 12.0. The molecule has 0 bridgehead atoms. The van der Waals surface area contributed by atoms with E-state index in [-0.39, 0.29) is 12.6 Å². The molecule has 2 aromatic heterocycles. The van der Waals surface area contributed by atoms with Crippen LogP contribution in [-0.2, 0) is 12.8 Å². The number of hydrogen-bond donors (Lipinski definition) is 2. The first-order valence-electron chi connectivity index (χ1n) is 12.0. The van der Waals surface area contributed by atoms with Crippen molar-refractivity contribution in [2.45, 2.75) is 44.2 Å². The highest BCUT2D eigenvalue weighted by atomic mass is 16.5. The van der Waals surface area contributed by atoms with Crippen LogP contribution >= 0.6 is 0 Å². The molecule has 0 radical (unpaired) electrons. The van der Waals surface area contributed by atoms with Gasteiger partial charge in [0.05, 0.1) is 51.6 Å². The zero-order valence-electron chi connectivity index (χ0n) is 20.2. The fourth-order valence-electron chi connectivity index (χ4n) is 5.54. The number of fused-ring (bicyclic) bond motifs is 2. The highest BCUT2D eigenvalue weighted by Gasteiger charge is 2.53. The topological polar surface area (TPSA) is 107 Å². The van der Waals surface area contributed by atoms with Gasteiger partial charge in [0.15, 0.2) is 11.5 Å². The molecule has 184 valence electrons. The number of rotatable bonds is 8. The Kier molecular flexibility index (Phi) is 5.40. The largest absolute Gasteiger partial charge is 0.493 e. The van der Waals surface area contributed by atoms with E-state index in [2.05, 4.69) is 15.2 Å². The summed E-state index contributed by atoms with van der Waals surface area (Å²) in [5.41, 5.74) is 3.09. The summed E-state index contributed by atoms with van der Waals surface area (Å²) in [7, 11) is 4.78. The number of nitrogens with one attached hydrogen (secondary N) is 1. The first kappa shape index (κ1) is 22.0. The molecule has 3 heterocycles. The van der Waals surface area contributed by atoms with E-state index in [1.54, 1.807) is 27.7 Å². The van der Waals surface area contributed by atoms with Crippen LogP contribution in [0.1, 0.15) is 30.5 Å². The van der Waals surface area contributed by atoms with Crippen LogP contribution in [0.15, 0.2) is 24.7 Å². The summed E-state index contributed by atoms with van der Waals surface area (Å²) >= 11 is 0. The maximum absolute atomic E-state index is 9.90. The zero-order valence-corrected chi connectivity index (χ0v) is 20.2. The van der Waals surface area contributed by atoms with Gasteiger partial charge in [0.1, 0.15) is 18.0 Å². The SMILES string of the molecule is COc1cc(-n2cnc(Nc3nc(N4[C@H](CO)C[C@H]5C[C@H]54)nc4c3CCC4)c2)cc(OC)c1OC. The summed E-state index contributed by atoms with van der Waals surface area (Å²) in [5.74, 6) is 4.56. The Morgan fingerprint density at radius 3 is 2.57 bits per heavy atom. The fraction of sp³-hybridized carbons (Fsp3) is 0.480. The van der Waals surface area contributed by atoms with Crippen LogP contribution in [0.25, 0.3) is 5.69 Å². The molecule has 3 aliphatic rings. The second kappa shape index (κ2) is 8.60. The molecule has 1 saturated carbocycles. The number of piperidine rings is 1. The summed E-state index contributed by atoms with van der Waals surface area (Å²) in [6, 6.07) is 4.31. The lowest BCUT2D eigenvalue weighted by Crippen LogP contribution is -2.37. The third-order valence-electron chi connectivity index (χ3n) is 7.35. The molecule has 2 N–H and O–H groups in total. The molecule has 1 aliphatic heterocycles. The van der Waals surface area contributed by atoms with Gasteiger partial charge in [0.2, 0.25) is 11.7 Å². The minimum atomic E-state index is 0.102. The van der Waals surface area contributed by atoms with Crippen molar-refractivity contribution in [2.24, 2.45) is 5.92 Å². The second-order valence-electron chi connectivity index (χ2n) is 9.37. The highest BCUT2D eigenvalue weighted by Crippen LogP contribution is 2.49. The molecule has 3 aromatic rings. The monoisotopic (exact) mass is 478 g/mol. The van der Waals surface area contributed by atoms with Gasteiger partial charge in [0, 0.05) is 23.7 Å². The number of hydrogen-bond acceptors (Lipinski definition) is 9. The van der Waals surface area contributed by atoms with E-state index in [4.69, 9.17) is 24.2 Å². The number of anilines is 3. The smallest absolute Gasteiger partial charge is 0.228 e.